The van der Waals surface area contributed by atoms with Crippen molar-refractivity contribution in [2.24, 2.45) is 5.92 Å². The fourth-order valence-electron chi connectivity index (χ4n) is 5.06. The van der Waals surface area contributed by atoms with Gasteiger partial charge in [0.25, 0.3) is 0 Å². The number of carbonyl (C=O) groups is 2. The highest BCUT2D eigenvalue weighted by atomic mass is 32.1. The van der Waals surface area contributed by atoms with Crippen LogP contribution in [0.3, 0.4) is 0 Å². The van der Waals surface area contributed by atoms with Gasteiger partial charge in [-0.1, -0.05) is 12.1 Å². The second-order valence-corrected chi connectivity index (χ2v) is 10.6. The van der Waals surface area contributed by atoms with Gasteiger partial charge in [-0.3, -0.25) is 9.59 Å². The van der Waals surface area contributed by atoms with Crippen LogP contribution in [0.25, 0.3) is 10.2 Å². The first-order valence-corrected chi connectivity index (χ1v) is 13.0. The lowest BCUT2D eigenvalue weighted by Crippen LogP contribution is -2.53. The second-order valence-electron chi connectivity index (χ2n) is 9.43. The number of carbonyl (C=O) groups excluding carboxylic acids is 2. The molecule has 2 amide bonds. The fourth-order valence-corrected chi connectivity index (χ4v) is 6.06. The van der Waals surface area contributed by atoms with Gasteiger partial charge in [0.1, 0.15) is 22.8 Å². The van der Waals surface area contributed by atoms with Gasteiger partial charge in [0.15, 0.2) is 0 Å². The number of fused-ring (bicyclic) bond motifs is 1. The summed E-state index contributed by atoms with van der Waals surface area (Å²) in [7, 11) is 0. The zero-order chi connectivity index (χ0) is 24.5. The Bertz CT molecular complexity index is 1230. The minimum atomic E-state index is -0.304. The molecular weight excluding hydrogens is 465 g/mol. The van der Waals surface area contributed by atoms with E-state index in [0.717, 1.165) is 47.5 Å². The van der Waals surface area contributed by atoms with E-state index < -0.39 is 0 Å². The molecule has 184 valence electrons. The minimum Gasteiger partial charge on any atom is -0.356 e. The monoisotopic (exact) mass is 495 g/mol. The van der Waals surface area contributed by atoms with Gasteiger partial charge >= 0.3 is 0 Å². The second kappa shape index (κ2) is 9.89. The molecule has 35 heavy (non-hydrogen) atoms. The standard InChI is InChI=1S/C26H30FN5O2S/c1-17-18(2)35-25-23(17)24(28-16-29-25)31-9-7-20(8-10-31)26(34)32-13-11-30(12-14-32)22(33)15-19-3-5-21(27)6-4-19/h3-6,16,20H,7-15H2,1-2H3. The molecule has 2 fully saturated rings. The number of piperazine rings is 1. The summed E-state index contributed by atoms with van der Waals surface area (Å²) in [5.74, 6) is 0.908. The third-order valence-corrected chi connectivity index (χ3v) is 8.42. The normalized spacial score (nSPS) is 17.3. The van der Waals surface area contributed by atoms with E-state index >= 15 is 0 Å². The molecule has 3 aromatic rings. The summed E-state index contributed by atoms with van der Waals surface area (Å²) in [4.78, 5) is 43.2. The lowest BCUT2D eigenvalue weighted by atomic mass is 9.94. The summed E-state index contributed by atoms with van der Waals surface area (Å²) in [6.45, 7) is 8.05. The molecule has 5 rings (SSSR count). The lowest BCUT2D eigenvalue weighted by Gasteiger charge is -2.39. The van der Waals surface area contributed by atoms with Crippen LogP contribution in [0.1, 0.15) is 28.8 Å². The average Bonchev–Trinajstić information content (AvgIpc) is 3.18. The van der Waals surface area contributed by atoms with Gasteiger partial charge in [-0.15, -0.1) is 11.3 Å². The molecule has 0 atom stereocenters. The Kier molecular flexibility index (Phi) is 6.69. The molecule has 2 aliphatic rings. The summed E-state index contributed by atoms with van der Waals surface area (Å²) in [5.41, 5.74) is 2.04. The zero-order valence-electron chi connectivity index (χ0n) is 20.2. The third kappa shape index (κ3) is 4.87. The molecule has 0 saturated carbocycles. The van der Waals surface area contributed by atoms with Crippen LogP contribution in [-0.2, 0) is 16.0 Å². The van der Waals surface area contributed by atoms with Gasteiger partial charge in [0.2, 0.25) is 11.8 Å². The average molecular weight is 496 g/mol. The molecule has 0 radical (unpaired) electrons. The van der Waals surface area contributed by atoms with E-state index in [9.17, 15) is 14.0 Å². The number of benzene rings is 1. The van der Waals surface area contributed by atoms with Crippen molar-refractivity contribution in [2.75, 3.05) is 44.2 Å². The van der Waals surface area contributed by atoms with E-state index in [1.807, 2.05) is 4.90 Å². The molecule has 2 saturated heterocycles. The van der Waals surface area contributed by atoms with E-state index in [2.05, 4.69) is 28.7 Å². The van der Waals surface area contributed by atoms with Gasteiger partial charge in [-0.2, -0.15) is 0 Å². The maximum absolute atomic E-state index is 13.2. The Morgan fingerprint density at radius 3 is 2.31 bits per heavy atom. The highest BCUT2D eigenvalue weighted by Crippen LogP contribution is 2.35. The molecular formula is C26H30FN5O2S. The van der Waals surface area contributed by atoms with Crippen LogP contribution in [0.2, 0.25) is 0 Å². The van der Waals surface area contributed by atoms with Gasteiger partial charge < -0.3 is 14.7 Å². The van der Waals surface area contributed by atoms with Crippen molar-refractivity contribution in [3.05, 3.63) is 52.4 Å². The van der Waals surface area contributed by atoms with Crippen molar-refractivity contribution in [1.82, 2.24) is 19.8 Å². The van der Waals surface area contributed by atoms with Gasteiger partial charge in [-0.05, 0) is 49.9 Å². The number of piperidine rings is 1. The van der Waals surface area contributed by atoms with E-state index in [1.165, 1.54) is 22.6 Å². The Balaban J connectivity index is 1.14. The number of hydrogen-bond donors (Lipinski definition) is 0. The molecule has 0 spiro atoms. The zero-order valence-corrected chi connectivity index (χ0v) is 21.0. The van der Waals surface area contributed by atoms with Crippen molar-refractivity contribution in [1.29, 1.82) is 0 Å². The predicted octanol–water partition coefficient (Wildman–Crippen LogP) is 3.58. The summed E-state index contributed by atoms with van der Waals surface area (Å²) >= 11 is 1.70. The van der Waals surface area contributed by atoms with Crippen LogP contribution in [0.4, 0.5) is 10.2 Å². The predicted molar refractivity (Wildman–Crippen MR) is 135 cm³/mol. The first-order chi connectivity index (χ1) is 16.9. The highest BCUT2D eigenvalue weighted by Gasteiger charge is 2.32. The largest absolute Gasteiger partial charge is 0.356 e. The van der Waals surface area contributed by atoms with Crippen LogP contribution in [0, 0.1) is 25.6 Å². The molecule has 2 aromatic heterocycles. The Morgan fingerprint density at radius 2 is 1.63 bits per heavy atom. The van der Waals surface area contributed by atoms with Crippen molar-refractivity contribution < 1.29 is 14.0 Å². The Hall–Kier alpha value is -3.07. The number of anilines is 1. The molecule has 2 aliphatic heterocycles. The van der Waals surface area contributed by atoms with E-state index in [0.29, 0.717) is 26.2 Å². The van der Waals surface area contributed by atoms with Crippen LogP contribution in [-0.4, -0.2) is 70.9 Å². The molecule has 7 nitrogen and oxygen atoms in total. The first kappa shape index (κ1) is 23.7. The number of aryl methyl sites for hydroxylation is 2. The number of hydrogen-bond acceptors (Lipinski definition) is 6. The molecule has 0 N–H and O–H groups in total. The van der Waals surface area contributed by atoms with Crippen molar-refractivity contribution in [3.8, 4) is 0 Å². The van der Waals surface area contributed by atoms with Crippen LogP contribution < -0.4 is 4.90 Å². The summed E-state index contributed by atoms with van der Waals surface area (Å²) < 4.78 is 13.1. The molecule has 0 unspecified atom stereocenters. The van der Waals surface area contributed by atoms with Crippen LogP contribution in [0.5, 0.6) is 0 Å². The van der Waals surface area contributed by atoms with Crippen molar-refractivity contribution in [3.63, 3.8) is 0 Å². The van der Waals surface area contributed by atoms with Crippen LogP contribution in [0.15, 0.2) is 30.6 Å². The van der Waals surface area contributed by atoms with E-state index in [4.69, 9.17) is 0 Å². The smallest absolute Gasteiger partial charge is 0.227 e. The number of nitrogens with zero attached hydrogens (tertiary/aromatic N) is 5. The van der Waals surface area contributed by atoms with Crippen molar-refractivity contribution in [2.45, 2.75) is 33.1 Å². The summed E-state index contributed by atoms with van der Waals surface area (Å²) in [5, 5.41) is 1.14. The Labute approximate surface area is 208 Å². The molecule has 1 aromatic carbocycles. The quantitative estimate of drug-likeness (QED) is 0.554. The first-order valence-electron chi connectivity index (χ1n) is 12.2. The maximum atomic E-state index is 13.2. The van der Waals surface area contributed by atoms with Crippen molar-refractivity contribution >= 4 is 39.2 Å². The lowest BCUT2D eigenvalue weighted by molar-refractivity contribution is -0.142. The van der Waals surface area contributed by atoms with Crippen LogP contribution >= 0.6 is 11.3 Å². The van der Waals surface area contributed by atoms with Gasteiger partial charge in [0.05, 0.1) is 11.8 Å². The highest BCUT2D eigenvalue weighted by molar-refractivity contribution is 7.18. The number of rotatable bonds is 4. The van der Waals surface area contributed by atoms with E-state index in [1.54, 1.807) is 34.7 Å². The number of halogens is 1. The summed E-state index contributed by atoms with van der Waals surface area (Å²) in [6, 6.07) is 6.04. The molecule has 9 heteroatoms. The molecule has 4 heterocycles. The topological polar surface area (TPSA) is 69.6 Å². The minimum absolute atomic E-state index is 0.00959. The SMILES string of the molecule is Cc1sc2ncnc(N3CCC(C(=O)N4CCN(C(=O)Cc5ccc(F)cc5)CC4)CC3)c2c1C. The third-order valence-electron chi connectivity index (χ3n) is 7.30. The molecule has 0 aliphatic carbocycles. The molecule has 0 bridgehead atoms. The number of aromatic nitrogens is 2. The number of amides is 2. The maximum Gasteiger partial charge on any atom is 0.227 e. The van der Waals surface area contributed by atoms with E-state index in [-0.39, 0.29) is 30.0 Å². The number of thiophene rings is 1. The Morgan fingerprint density at radius 1 is 0.971 bits per heavy atom. The fraction of sp³-hybridized carbons (Fsp3) is 0.462. The summed E-state index contributed by atoms with van der Waals surface area (Å²) in [6.07, 6.45) is 3.50. The van der Waals surface area contributed by atoms with Gasteiger partial charge in [0, 0.05) is 50.1 Å². The van der Waals surface area contributed by atoms with Gasteiger partial charge in [-0.25, -0.2) is 14.4 Å².